The Kier molecular flexibility index (Phi) is 5.33. The standard InChI is InChI=1S/C19H27N5O5S/c1-12-8-13-9-20-18(21-14-4-6-23(7-5-14)30(3,27)28)22-16(13)24(17(12)25)15-10-29-11-19(15,2)26/h8-9,14-15,26H,4-7,10-11H2,1-3H3,(H,20,21,22)/t15-,19-/m0/s1. The van der Waals surface area contributed by atoms with Crippen molar-refractivity contribution in [3.8, 4) is 0 Å². The topological polar surface area (TPSA) is 127 Å². The first-order valence-corrected chi connectivity index (χ1v) is 11.8. The van der Waals surface area contributed by atoms with E-state index in [2.05, 4.69) is 15.3 Å². The van der Waals surface area contributed by atoms with Gasteiger partial charge in [0.25, 0.3) is 5.56 Å². The molecular formula is C19H27N5O5S. The Morgan fingerprint density at radius 1 is 1.33 bits per heavy atom. The highest BCUT2D eigenvalue weighted by Crippen LogP contribution is 2.31. The van der Waals surface area contributed by atoms with E-state index in [-0.39, 0.29) is 24.8 Å². The Balaban J connectivity index is 1.65. The number of sulfonamides is 1. The summed E-state index contributed by atoms with van der Waals surface area (Å²) in [5.41, 5.74) is -0.416. The maximum Gasteiger partial charge on any atom is 0.255 e. The molecule has 2 aliphatic heterocycles. The van der Waals surface area contributed by atoms with Gasteiger partial charge in [-0.05, 0) is 32.8 Å². The SMILES string of the molecule is Cc1cc2cnc(NC3CCN(S(C)(=O)=O)CC3)nc2n([C@H]2COC[C@]2(C)O)c1=O. The summed E-state index contributed by atoms with van der Waals surface area (Å²) in [5, 5.41) is 14.7. The van der Waals surface area contributed by atoms with E-state index in [4.69, 9.17) is 4.74 Å². The summed E-state index contributed by atoms with van der Waals surface area (Å²) in [6, 6.07) is 1.23. The van der Waals surface area contributed by atoms with E-state index in [1.54, 1.807) is 26.1 Å². The molecule has 2 aromatic heterocycles. The van der Waals surface area contributed by atoms with Crippen LogP contribution >= 0.6 is 0 Å². The van der Waals surface area contributed by atoms with Crippen molar-refractivity contribution in [3.05, 3.63) is 28.2 Å². The molecule has 0 bridgehead atoms. The fraction of sp³-hybridized carbons (Fsp3) is 0.632. The van der Waals surface area contributed by atoms with Crippen LogP contribution in [0, 0.1) is 6.92 Å². The van der Waals surface area contributed by atoms with Crippen LogP contribution in [0.5, 0.6) is 0 Å². The van der Waals surface area contributed by atoms with E-state index < -0.39 is 21.7 Å². The Morgan fingerprint density at radius 3 is 2.63 bits per heavy atom. The highest BCUT2D eigenvalue weighted by atomic mass is 32.2. The Hall–Kier alpha value is -2.08. The molecule has 0 radical (unpaired) electrons. The molecular weight excluding hydrogens is 410 g/mol. The van der Waals surface area contributed by atoms with E-state index >= 15 is 0 Å². The fourth-order valence-electron chi connectivity index (χ4n) is 4.14. The molecule has 0 unspecified atom stereocenters. The molecule has 11 heteroatoms. The molecule has 10 nitrogen and oxygen atoms in total. The van der Waals surface area contributed by atoms with Crippen molar-refractivity contribution in [1.29, 1.82) is 0 Å². The van der Waals surface area contributed by atoms with E-state index in [9.17, 15) is 18.3 Å². The average Bonchev–Trinajstić information content (AvgIpc) is 3.02. The van der Waals surface area contributed by atoms with Gasteiger partial charge in [-0.2, -0.15) is 4.98 Å². The van der Waals surface area contributed by atoms with Crippen LogP contribution in [-0.4, -0.2) is 76.6 Å². The minimum atomic E-state index is -3.19. The normalized spacial score (nSPS) is 26.3. The number of fused-ring (bicyclic) bond motifs is 1. The molecule has 2 saturated heterocycles. The number of aryl methyl sites for hydroxylation is 1. The molecule has 2 aromatic rings. The molecule has 164 valence electrons. The van der Waals surface area contributed by atoms with Gasteiger partial charge in [0.05, 0.1) is 25.5 Å². The molecule has 0 aliphatic carbocycles. The van der Waals surface area contributed by atoms with Crippen molar-refractivity contribution in [1.82, 2.24) is 18.8 Å². The molecule has 30 heavy (non-hydrogen) atoms. The molecule has 2 aliphatic rings. The summed E-state index contributed by atoms with van der Waals surface area (Å²) in [7, 11) is -3.19. The zero-order valence-electron chi connectivity index (χ0n) is 17.3. The third-order valence-corrected chi connectivity index (χ3v) is 7.21. The largest absolute Gasteiger partial charge is 0.385 e. The Morgan fingerprint density at radius 2 is 2.03 bits per heavy atom. The van der Waals surface area contributed by atoms with E-state index in [0.29, 0.717) is 48.5 Å². The Bertz CT molecular complexity index is 1120. The van der Waals surface area contributed by atoms with Crippen LogP contribution in [0.2, 0.25) is 0 Å². The number of rotatable bonds is 4. The fourth-order valence-corrected chi connectivity index (χ4v) is 5.01. The maximum absolute atomic E-state index is 12.9. The molecule has 0 amide bonds. The van der Waals surface area contributed by atoms with Gasteiger partial charge in [-0.3, -0.25) is 9.36 Å². The van der Waals surface area contributed by atoms with Gasteiger partial charge >= 0.3 is 0 Å². The smallest absolute Gasteiger partial charge is 0.255 e. The lowest BCUT2D eigenvalue weighted by Crippen LogP contribution is -2.42. The summed E-state index contributed by atoms with van der Waals surface area (Å²) in [6.07, 6.45) is 4.15. The van der Waals surface area contributed by atoms with Crippen LogP contribution in [0.25, 0.3) is 11.0 Å². The lowest BCUT2D eigenvalue weighted by Gasteiger charge is -2.30. The van der Waals surface area contributed by atoms with Gasteiger partial charge in [-0.25, -0.2) is 17.7 Å². The molecule has 0 spiro atoms. The zero-order chi connectivity index (χ0) is 21.7. The summed E-state index contributed by atoms with van der Waals surface area (Å²) in [5.74, 6) is 0.371. The van der Waals surface area contributed by atoms with Crippen molar-refractivity contribution < 1.29 is 18.3 Å². The molecule has 0 saturated carbocycles. The summed E-state index contributed by atoms with van der Waals surface area (Å²) >= 11 is 0. The number of pyridine rings is 1. The number of hydrogen-bond donors (Lipinski definition) is 2. The van der Waals surface area contributed by atoms with E-state index in [1.165, 1.54) is 15.1 Å². The lowest BCUT2D eigenvalue weighted by molar-refractivity contribution is 0.0223. The Labute approximate surface area is 174 Å². The number of piperidine rings is 1. The highest BCUT2D eigenvalue weighted by Gasteiger charge is 2.41. The quantitative estimate of drug-likeness (QED) is 0.697. The van der Waals surface area contributed by atoms with Crippen molar-refractivity contribution in [2.24, 2.45) is 0 Å². The molecule has 2 atom stereocenters. The molecule has 0 aromatic carbocycles. The summed E-state index contributed by atoms with van der Waals surface area (Å²) in [4.78, 5) is 21.9. The first-order valence-electron chi connectivity index (χ1n) is 9.97. The maximum atomic E-state index is 12.9. The van der Waals surface area contributed by atoms with E-state index in [0.717, 1.165) is 0 Å². The van der Waals surface area contributed by atoms with Crippen molar-refractivity contribution in [3.63, 3.8) is 0 Å². The highest BCUT2D eigenvalue weighted by molar-refractivity contribution is 7.88. The number of nitrogens with zero attached hydrogens (tertiary/aromatic N) is 4. The number of aromatic nitrogens is 3. The lowest BCUT2D eigenvalue weighted by atomic mass is 10.00. The number of hydrogen-bond acceptors (Lipinski definition) is 8. The van der Waals surface area contributed by atoms with Crippen molar-refractivity contribution in [2.75, 3.05) is 37.9 Å². The van der Waals surface area contributed by atoms with Gasteiger partial charge in [0, 0.05) is 36.3 Å². The number of nitrogens with one attached hydrogen (secondary N) is 1. The van der Waals surface area contributed by atoms with Gasteiger partial charge in [0.2, 0.25) is 16.0 Å². The van der Waals surface area contributed by atoms with Crippen LogP contribution in [-0.2, 0) is 14.8 Å². The average molecular weight is 438 g/mol. The predicted octanol–water partition coefficient (Wildman–Crippen LogP) is 0.258. The van der Waals surface area contributed by atoms with Gasteiger partial charge in [-0.1, -0.05) is 0 Å². The zero-order valence-corrected chi connectivity index (χ0v) is 18.1. The molecule has 4 heterocycles. The van der Waals surface area contributed by atoms with Crippen LogP contribution < -0.4 is 10.9 Å². The molecule has 2 fully saturated rings. The molecule has 2 N–H and O–H groups in total. The number of aliphatic hydroxyl groups is 1. The third kappa shape index (κ3) is 3.94. The van der Waals surface area contributed by atoms with Crippen molar-refractivity contribution in [2.45, 2.75) is 44.4 Å². The summed E-state index contributed by atoms with van der Waals surface area (Å²) < 4.78 is 31.8. The van der Waals surface area contributed by atoms with Gasteiger partial charge < -0.3 is 15.2 Å². The van der Waals surface area contributed by atoms with Gasteiger partial charge in [-0.15, -0.1) is 0 Å². The predicted molar refractivity (Wildman–Crippen MR) is 112 cm³/mol. The second-order valence-electron chi connectivity index (χ2n) is 8.44. The van der Waals surface area contributed by atoms with Crippen LogP contribution in [0.15, 0.2) is 17.1 Å². The van der Waals surface area contributed by atoms with E-state index in [1.807, 2.05) is 0 Å². The minimum Gasteiger partial charge on any atom is -0.385 e. The number of anilines is 1. The van der Waals surface area contributed by atoms with Crippen molar-refractivity contribution >= 4 is 27.0 Å². The number of ether oxygens (including phenoxy) is 1. The monoisotopic (exact) mass is 437 g/mol. The van der Waals surface area contributed by atoms with Crippen LogP contribution in [0.1, 0.15) is 31.4 Å². The third-order valence-electron chi connectivity index (χ3n) is 5.91. The first-order chi connectivity index (χ1) is 14.1. The second-order valence-corrected chi connectivity index (χ2v) is 10.4. The minimum absolute atomic E-state index is 0.0315. The molecule has 4 rings (SSSR count). The van der Waals surface area contributed by atoms with Crippen LogP contribution in [0.3, 0.4) is 0 Å². The second kappa shape index (κ2) is 7.56. The summed E-state index contributed by atoms with van der Waals surface area (Å²) in [6.45, 7) is 4.63. The van der Waals surface area contributed by atoms with Crippen LogP contribution in [0.4, 0.5) is 5.95 Å². The first kappa shape index (κ1) is 21.2. The van der Waals surface area contributed by atoms with Gasteiger partial charge in [0.15, 0.2) is 0 Å². The van der Waals surface area contributed by atoms with Gasteiger partial charge in [0.1, 0.15) is 11.2 Å².